The van der Waals surface area contributed by atoms with Crippen molar-refractivity contribution in [2.45, 2.75) is 6.61 Å². The smallest absolute Gasteiger partial charge is 0.293 e. The highest BCUT2D eigenvalue weighted by Crippen LogP contribution is 2.35. The van der Waals surface area contributed by atoms with Crippen molar-refractivity contribution in [1.82, 2.24) is 4.90 Å². The second-order valence-electron chi connectivity index (χ2n) is 7.56. The number of thioether (sulfide) groups is 1. The molecule has 1 aliphatic rings. The van der Waals surface area contributed by atoms with Gasteiger partial charge in [-0.05, 0) is 65.4 Å². The first-order chi connectivity index (χ1) is 17.4. The topological polar surface area (TPSA) is 65.1 Å². The van der Waals surface area contributed by atoms with Crippen molar-refractivity contribution >= 4 is 63.8 Å². The zero-order valence-corrected chi connectivity index (χ0v) is 22.1. The van der Waals surface area contributed by atoms with Crippen molar-refractivity contribution in [1.29, 1.82) is 0 Å². The lowest BCUT2D eigenvalue weighted by Gasteiger charge is -2.14. The summed E-state index contributed by atoms with van der Waals surface area (Å²) in [6, 6.07) is 17.5. The number of amides is 2. The lowest BCUT2D eigenvalue weighted by atomic mass is 10.1. The third-order valence-corrected chi connectivity index (χ3v) is 7.11. The van der Waals surface area contributed by atoms with Crippen LogP contribution < -0.4 is 14.2 Å². The molecule has 2 amide bonds. The number of ether oxygens (including phenoxy) is 3. The number of carbonyl (C=O) groups excluding carboxylic acids is 2. The van der Waals surface area contributed by atoms with Gasteiger partial charge in [-0.3, -0.25) is 14.5 Å². The molecule has 0 radical (unpaired) electrons. The summed E-state index contributed by atoms with van der Waals surface area (Å²) in [7, 11) is 1.53. The molecule has 0 bridgehead atoms. The molecule has 1 fully saturated rings. The number of hydrogen-bond donors (Lipinski definition) is 0. The summed E-state index contributed by atoms with van der Waals surface area (Å²) in [5, 5.41) is 1.02. The SMILES string of the molecule is COc1cc(/C=C2\SC(=O)N(CCOc3ccccc3Cl)C2=O)ccc1OCc1ccc(Cl)c(Cl)c1. The molecule has 3 aromatic carbocycles. The molecule has 0 atom stereocenters. The van der Waals surface area contributed by atoms with E-state index in [0.717, 1.165) is 22.2 Å². The number of para-hydroxylation sites is 1. The summed E-state index contributed by atoms with van der Waals surface area (Å²) in [5.41, 5.74) is 1.54. The third-order valence-electron chi connectivity index (χ3n) is 5.15. The third kappa shape index (κ3) is 6.28. The first-order valence-electron chi connectivity index (χ1n) is 10.7. The van der Waals surface area contributed by atoms with E-state index in [9.17, 15) is 9.59 Å². The van der Waals surface area contributed by atoms with E-state index in [2.05, 4.69) is 0 Å². The predicted molar refractivity (Wildman–Crippen MR) is 143 cm³/mol. The number of methoxy groups -OCH3 is 1. The summed E-state index contributed by atoms with van der Waals surface area (Å²) in [6.07, 6.45) is 1.64. The van der Waals surface area contributed by atoms with Crippen LogP contribution in [0.25, 0.3) is 6.08 Å². The number of rotatable bonds is 9. The van der Waals surface area contributed by atoms with Crippen LogP contribution in [0.5, 0.6) is 17.2 Å². The van der Waals surface area contributed by atoms with E-state index in [0.29, 0.717) is 42.8 Å². The van der Waals surface area contributed by atoms with Crippen molar-refractivity contribution in [2.24, 2.45) is 0 Å². The van der Waals surface area contributed by atoms with Gasteiger partial charge in [-0.15, -0.1) is 0 Å². The van der Waals surface area contributed by atoms with Crippen LogP contribution in [0, 0.1) is 0 Å². The van der Waals surface area contributed by atoms with E-state index >= 15 is 0 Å². The van der Waals surface area contributed by atoms with Crippen LogP contribution in [-0.2, 0) is 11.4 Å². The number of carbonyl (C=O) groups is 2. The Bertz CT molecular complexity index is 1330. The van der Waals surface area contributed by atoms with Crippen molar-refractivity contribution in [3.63, 3.8) is 0 Å². The lowest BCUT2D eigenvalue weighted by Crippen LogP contribution is -2.32. The zero-order valence-electron chi connectivity index (χ0n) is 19.0. The Hall–Kier alpha value is -2.84. The summed E-state index contributed by atoms with van der Waals surface area (Å²) in [4.78, 5) is 26.7. The van der Waals surface area contributed by atoms with E-state index in [1.807, 2.05) is 6.07 Å². The molecule has 0 N–H and O–H groups in total. The van der Waals surface area contributed by atoms with Crippen LogP contribution >= 0.6 is 46.6 Å². The Morgan fingerprint density at radius 3 is 2.42 bits per heavy atom. The summed E-state index contributed by atoms with van der Waals surface area (Å²) >= 11 is 19.0. The van der Waals surface area contributed by atoms with E-state index in [1.54, 1.807) is 60.7 Å². The second kappa shape index (κ2) is 11.9. The number of benzene rings is 3. The van der Waals surface area contributed by atoms with Crippen molar-refractivity contribution in [3.8, 4) is 17.2 Å². The molecular weight excluding hydrogens is 545 g/mol. The zero-order chi connectivity index (χ0) is 25.7. The molecular formula is C26H20Cl3NO5S. The maximum atomic E-state index is 12.8. The van der Waals surface area contributed by atoms with Crippen LogP contribution in [0.3, 0.4) is 0 Å². The van der Waals surface area contributed by atoms with Gasteiger partial charge < -0.3 is 14.2 Å². The van der Waals surface area contributed by atoms with E-state index in [4.69, 9.17) is 49.0 Å². The fraction of sp³-hybridized carbons (Fsp3) is 0.154. The monoisotopic (exact) mass is 563 g/mol. The molecule has 10 heteroatoms. The van der Waals surface area contributed by atoms with Gasteiger partial charge in [0.25, 0.3) is 11.1 Å². The fourth-order valence-electron chi connectivity index (χ4n) is 3.34. The Morgan fingerprint density at radius 2 is 1.67 bits per heavy atom. The highest BCUT2D eigenvalue weighted by atomic mass is 35.5. The molecule has 1 aliphatic heterocycles. The Kier molecular flexibility index (Phi) is 8.69. The van der Waals surface area contributed by atoms with Gasteiger partial charge in [-0.25, -0.2) is 0 Å². The quantitative estimate of drug-likeness (QED) is 0.253. The Labute approximate surface area is 227 Å². The van der Waals surface area contributed by atoms with Gasteiger partial charge in [0.05, 0.1) is 33.6 Å². The summed E-state index contributed by atoms with van der Waals surface area (Å²) in [5.74, 6) is 1.11. The summed E-state index contributed by atoms with van der Waals surface area (Å²) in [6.45, 7) is 0.507. The number of nitrogens with zero attached hydrogens (tertiary/aromatic N) is 1. The van der Waals surface area contributed by atoms with Gasteiger partial charge in [-0.1, -0.05) is 59.1 Å². The van der Waals surface area contributed by atoms with Gasteiger partial charge in [-0.2, -0.15) is 0 Å². The number of imide groups is 1. The van der Waals surface area contributed by atoms with Crippen LogP contribution in [0.2, 0.25) is 15.1 Å². The first kappa shape index (κ1) is 26.2. The predicted octanol–water partition coefficient (Wildman–Crippen LogP) is 7.35. The Balaban J connectivity index is 1.40. The number of hydrogen-bond acceptors (Lipinski definition) is 6. The van der Waals surface area contributed by atoms with Gasteiger partial charge in [0.15, 0.2) is 11.5 Å². The first-order valence-corrected chi connectivity index (χ1v) is 12.7. The highest BCUT2D eigenvalue weighted by Gasteiger charge is 2.34. The number of halogens is 3. The molecule has 0 unspecified atom stereocenters. The maximum absolute atomic E-state index is 12.8. The molecule has 3 aromatic rings. The average molecular weight is 565 g/mol. The molecule has 0 saturated carbocycles. The average Bonchev–Trinajstić information content (AvgIpc) is 3.13. The molecule has 186 valence electrons. The minimum Gasteiger partial charge on any atom is -0.493 e. The van der Waals surface area contributed by atoms with Gasteiger partial charge in [0.1, 0.15) is 19.0 Å². The minimum atomic E-state index is -0.383. The van der Waals surface area contributed by atoms with Crippen LogP contribution in [0.4, 0.5) is 4.79 Å². The van der Waals surface area contributed by atoms with E-state index in [-0.39, 0.29) is 30.9 Å². The van der Waals surface area contributed by atoms with Gasteiger partial charge in [0, 0.05) is 0 Å². The maximum Gasteiger partial charge on any atom is 0.293 e. The van der Waals surface area contributed by atoms with Crippen molar-refractivity contribution < 1.29 is 23.8 Å². The minimum absolute atomic E-state index is 0.109. The normalized spacial score (nSPS) is 14.4. The molecule has 0 spiro atoms. The standard InChI is InChI=1S/C26H20Cl3NO5S/c1-33-23-13-16(7-9-22(23)35-15-17-6-8-18(27)20(29)12-17)14-24-25(31)30(26(32)36-24)10-11-34-21-5-3-2-4-19(21)28/h2-9,12-14H,10-11,15H2,1H3/b24-14-. The molecule has 1 saturated heterocycles. The molecule has 1 heterocycles. The van der Waals surface area contributed by atoms with Crippen molar-refractivity contribution in [2.75, 3.05) is 20.3 Å². The highest BCUT2D eigenvalue weighted by molar-refractivity contribution is 8.18. The van der Waals surface area contributed by atoms with Gasteiger partial charge in [0.2, 0.25) is 0 Å². The molecule has 4 rings (SSSR count). The Morgan fingerprint density at radius 1 is 0.861 bits per heavy atom. The second-order valence-corrected chi connectivity index (χ2v) is 9.77. The van der Waals surface area contributed by atoms with Gasteiger partial charge >= 0.3 is 0 Å². The van der Waals surface area contributed by atoms with Crippen molar-refractivity contribution in [3.05, 3.63) is 91.8 Å². The van der Waals surface area contributed by atoms with E-state index < -0.39 is 0 Å². The lowest BCUT2D eigenvalue weighted by molar-refractivity contribution is -0.123. The van der Waals surface area contributed by atoms with Crippen LogP contribution in [-0.4, -0.2) is 36.3 Å². The molecule has 36 heavy (non-hydrogen) atoms. The van der Waals surface area contributed by atoms with Crippen LogP contribution in [0.1, 0.15) is 11.1 Å². The fourth-order valence-corrected chi connectivity index (χ4v) is 4.71. The molecule has 0 aliphatic carbocycles. The molecule has 0 aromatic heterocycles. The summed E-state index contributed by atoms with van der Waals surface area (Å²) < 4.78 is 16.9. The van der Waals surface area contributed by atoms with Crippen LogP contribution in [0.15, 0.2) is 65.6 Å². The largest absolute Gasteiger partial charge is 0.493 e. The molecule has 6 nitrogen and oxygen atoms in total. The van der Waals surface area contributed by atoms with E-state index in [1.165, 1.54) is 7.11 Å².